The molecule has 2 atom stereocenters. The van der Waals surface area contributed by atoms with Crippen molar-refractivity contribution in [1.29, 1.82) is 0 Å². The fourth-order valence-electron chi connectivity index (χ4n) is 2.70. The van der Waals surface area contributed by atoms with Crippen molar-refractivity contribution in [3.8, 4) is 0 Å². The fraction of sp³-hybridized carbons (Fsp3) is 0.538. The monoisotopic (exact) mass is 301 g/mol. The van der Waals surface area contributed by atoms with E-state index < -0.39 is 15.8 Å². The van der Waals surface area contributed by atoms with Crippen molar-refractivity contribution < 1.29 is 12.8 Å². The summed E-state index contributed by atoms with van der Waals surface area (Å²) in [5.74, 6) is -0.580. The first-order valence-corrected chi connectivity index (χ1v) is 8.20. The molecule has 4 N–H and O–H groups in total. The van der Waals surface area contributed by atoms with E-state index in [0.29, 0.717) is 5.69 Å². The highest BCUT2D eigenvalue weighted by Crippen LogP contribution is 2.29. The van der Waals surface area contributed by atoms with Gasteiger partial charge in [0.2, 0.25) is 10.0 Å². The van der Waals surface area contributed by atoms with Crippen molar-refractivity contribution in [2.45, 2.75) is 43.2 Å². The smallest absolute Gasteiger partial charge is 0.238 e. The maximum Gasteiger partial charge on any atom is 0.238 e. The Labute approximate surface area is 118 Å². The van der Waals surface area contributed by atoms with E-state index in [1.165, 1.54) is 12.1 Å². The van der Waals surface area contributed by atoms with Gasteiger partial charge >= 0.3 is 0 Å². The molecule has 0 bridgehead atoms. The van der Waals surface area contributed by atoms with E-state index in [1.54, 1.807) is 0 Å². The third-order valence-electron chi connectivity index (χ3n) is 3.71. The summed E-state index contributed by atoms with van der Waals surface area (Å²) in [6.45, 7) is 2.62. The lowest BCUT2D eigenvalue weighted by Crippen LogP contribution is -2.49. The molecule has 0 radical (unpaired) electrons. The van der Waals surface area contributed by atoms with E-state index in [4.69, 9.17) is 10.9 Å². The molecule has 1 fully saturated rings. The molecule has 1 aliphatic heterocycles. The van der Waals surface area contributed by atoms with Crippen LogP contribution in [0, 0.1) is 5.82 Å². The molecule has 0 spiro atoms. The molecule has 0 saturated carbocycles. The summed E-state index contributed by atoms with van der Waals surface area (Å²) in [7, 11) is -3.89. The number of primary sulfonamides is 1. The van der Waals surface area contributed by atoms with Crippen LogP contribution < -0.4 is 15.8 Å². The fourth-order valence-corrected chi connectivity index (χ4v) is 3.23. The molecule has 1 aromatic rings. The Hall–Kier alpha value is -1.18. The van der Waals surface area contributed by atoms with Gasteiger partial charge in [-0.1, -0.05) is 0 Å². The van der Waals surface area contributed by atoms with E-state index >= 15 is 0 Å². The number of halogens is 1. The highest BCUT2D eigenvalue weighted by atomic mass is 32.2. The van der Waals surface area contributed by atoms with Gasteiger partial charge in [0, 0.05) is 18.6 Å². The molecule has 1 saturated heterocycles. The molecule has 1 aromatic carbocycles. The van der Waals surface area contributed by atoms with E-state index in [1.807, 2.05) is 11.8 Å². The zero-order valence-electron chi connectivity index (χ0n) is 11.4. The summed E-state index contributed by atoms with van der Waals surface area (Å²) in [5.41, 5.74) is 6.35. The van der Waals surface area contributed by atoms with Crippen LogP contribution in [0.25, 0.3) is 0 Å². The molecule has 0 aromatic heterocycles. The molecule has 1 heterocycles. The van der Waals surface area contributed by atoms with Crippen LogP contribution in [0.2, 0.25) is 0 Å². The van der Waals surface area contributed by atoms with Gasteiger partial charge in [0.05, 0.1) is 10.6 Å². The van der Waals surface area contributed by atoms with Crippen molar-refractivity contribution in [3.63, 3.8) is 0 Å². The number of sulfonamides is 1. The van der Waals surface area contributed by atoms with E-state index in [0.717, 1.165) is 31.9 Å². The third-order valence-corrected chi connectivity index (χ3v) is 4.62. The molecule has 1 aliphatic rings. The van der Waals surface area contributed by atoms with Crippen molar-refractivity contribution >= 4 is 15.7 Å². The first kappa shape index (κ1) is 15.2. The minimum Gasteiger partial charge on any atom is -0.365 e. The predicted octanol–water partition coefficient (Wildman–Crippen LogP) is 1.18. The van der Waals surface area contributed by atoms with Gasteiger partial charge in [0.15, 0.2) is 0 Å². The Kier molecular flexibility index (Phi) is 4.31. The predicted molar refractivity (Wildman–Crippen MR) is 76.4 cm³/mol. The number of nitrogens with zero attached hydrogens (tertiary/aromatic N) is 1. The average Bonchev–Trinajstić information content (AvgIpc) is 2.37. The van der Waals surface area contributed by atoms with Crippen LogP contribution in [0.1, 0.15) is 26.2 Å². The Balaban J connectivity index is 2.37. The lowest BCUT2D eigenvalue weighted by molar-refractivity contribution is 0.408. The Morgan fingerprint density at radius 1 is 1.40 bits per heavy atom. The van der Waals surface area contributed by atoms with Crippen LogP contribution >= 0.6 is 0 Å². The second-order valence-corrected chi connectivity index (χ2v) is 6.84. The number of rotatable bonds is 3. The highest BCUT2D eigenvalue weighted by Gasteiger charge is 2.27. The summed E-state index contributed by atoms with van der Waals surface area (Å²) in [5, 5.41) is 5.00. The molecule has 0 amide bonds. The minimum absolute atomic E-state index is 0.0681. The molecule has 2 unspecified atom stereocenters. The lowest BCUT2D eigenvalue weighted by Gasteiger charge is -2.40. The Morgan fingerprint density at radius 3 is 2.65 bits per heavy atom. The van der Waals surface area contributed by atoms with Crippen LogP contribution in [0.4, 0.5) is 10.1 Å². The molecule has 0 aliphatic carbocycles. The lowest BCUT2D eigenvalue weighted by atomic mass is 9.96. The van der Waals surface area contributed by atoms with Crippen molar-refractivity contribution in [3.05, 3.63) is 24.0 Å². The second-order valence-electron chi connectivity index (χ2n) is 5.27. The van der Waals surface area contributed by atoms with E-state index in [-0.39, 0.29) is 17.0 Å². The Bertz CT molecular complexity index is 589. The minimum atomic E-state index is -3.89. The summed E-state index contributed by atoms with van der Waals surface area (Å²) >= 11 is 0. The molecule has 112 valence electrons. The number of piperidine rings is 1. The van der Waals surface area contributed by atoms with Crippen molar-refractivity contribution in [2.24, 2.45) is 10.9 Å². The standard InChI is InChI=1S/C13H20FN3O2S/c1-9(15)12-4-2-3-7-17(12)13-6-5-10(8-11(13)14)20(16,18)19/h5-6,8-9,12H,2-4,7,15H2,1H3,(H2,16,18,19). The summed E-state index contributed by atoms with van der Waals surface area (Å²) in [6, 6.07) is 3.76. The third kappa shape index (κ3) is 3.11. The number of hydrogen-bond acceptors (Lipinski definition) is 4. The van der Waals surface area contributed by atoms with E-state index in [9.17, 15) is 12.8 Å². The first-order valence-electron chi connectivity index (χ1n) is 6.65. The van der Waals surface area contributed by atoms with Crippen molar-refractivity contribution in [1.82, 2.24) is 0 Å². The van der Waals surface area contributed by atoms with E-state index in [2.05, 4.69) is 0 Å². The van der Waals surface area contributed by atoms with Gasteiger partial charge in [-0.25, -0.2) is 17.9 Å². The van der Waals surface area contributed by atoms with Gasteiger partial charge in [-0.15, -0.1) is 0 Å². The molecular weight excluding hydrogens is 281 g/mol. The molecule has 2 rings (SSSR count). The zero-order valence-corrected chi connectivity index (χ0v) is 12.2. The van der Waals surface area contributed by atoms with Gasteiger partial charge in [0.25, 0.3) is 0 Å². The SMILES string of the molecule is CC(N)C1CCCCN1c1ccc(S(N)(=O)=O)cc1F. The summed E-state index contributed by atoms with van der Waals surface area (Å²) < 4.78 is 36.6. The Morgan fingerprint density at radius 2 is 2.10 bits per heavy atom. The maximum absolute atomic E-state index is 14.2. The summed E-state index contributed by atoms with van der Waals surface area (Å²) in [6.07, 6.45) is 2.95. The average molecular weight is 301 g/mol. The van der Waals surface area contributed by atoms with Crippen LogP contribution in [0.3, 0.4) is 0 Å². The van der Waals surface area contributed by atoms with Gasteiger partial charge in [-0.2, -0.15) is 0 Å². The number of anilines is 1. The van der Waals surface area contributed by atoms with Gasteiger partial charge < -0.3 is 10.6 Å². The van der Waals surface area contributed by atoms with Crippen LogP contribution in [-0.2, 0) is 10.0 Å². The molecular formula is C13H20FN3O2S. The van der Waals surface area contributed by atoms with Crippen LogP contribution in [0.5, 0.6) is 0 Å². The normalized spacial score (nSPS) is 21.8. The first-order chi connectivity index (χ1) is 9.30. The number of hydrogen-bond donors (Lipinski definition) is 2. The highest BCUT2D eigenvalue weighted by molar-refractivity contribution is 7.89. The summed E-state index contributed by atoms with van der Waals surface area (Å²) in [4.78, 5) is 1.71. The zero-order chi connectivity index (χ0) is 14.9. The largest absolute Gasteiger partial charge is 0.365 e. The van der Waals surface area contributed by atoms with Crippen LogP contribution in [0.15, 0.2) is 23.1 Å². The molecule has 7 heteroatoms. The quantitative estimate of drug-likeness (QED) is 0.877. The molecule has 20 heavy (non-hydrogen) atoms. The second kappa shape index (κ2) is 5.67. The van der Waals surface area contributed by atoms with Crippen LogP contribution in [-0.4, -0.2) is 27.0 Å². The van der Waals surface area contributed by atoms with Gasteiger partial charge in [0.1, 0.15) is 5.82 Å². The van der Waals surface area contributed by atoms with Gasteiger partial charge in [-0.05, 0) is 44.4 Å². The number of benzene rings is 1. The van der Waals surface area contributed by atoms with Gasteiger partial charge in [-0.3, -0.25) is 0 Å². The number of nitrogens with two attached hydrogens (primary N) is 2. The maximum atomic E-state index is 14.2. The molecule has 5 nitrogen and oxygen atoms in total. The topological polar surface area (TPSA) is 89.4 Å². The van der Waals surface area contributed by atoms with Crippen molar-refractivity contribution in [2.75, 3.05) is 11.4 Å².